The first-order valence-corrected chi connectivity index (χ1v) is 19.2. The third kappa shape index (κ3) is 30.7. The van der Waals surface area contributed by atoms with Gasteiger partial charge in [-0.1, -0.05) is 122 Å². The Morgan fingerprint density at radius 1 is 0.535 bits per heavy atom. The molecule has 0 rings (SSSR count). The summed E-state index contributed by atoms with van der Waals surface area (Å²) in [6, 6.07) is 0. The molecule has 0 bridgehead atoms. The van der Waals surface area contributed by atoms with E-state index >= 15 is 0 Å². The summed E-state index contributed by atoms with van der Waals surface area (Å²) in [5.41, 5.74) is 0. The third-order valence-electron chi connectivity index (χ3n) is 8.81. The van der Waals surface area contributed by atoms with Gasteiger partial charge in [-0.05, 0) is 116 Å². The van der Waals surface area contributed by atoms with Gasteiger partial charge in [0.05, 0.1) is 0 Å². The van der Waals surface area contributed by atoms with E-state index in [0.29, 0.717) is 12.3 Å². The van der Waals surface area contributed by atoms with Gasteiger partial charge in [0.2, 0.25) is 0 Å². The van der Waals surface area contributed by atoms with Gasteiger partial charge in [-0.15, -0.1) is 0 Å². The summed E-state index contributed by atoms with van der Waals surface area (Å²) >= 11 is 0. The van der Waals surface area contributed by atoms with Gasteiger partial charge in [-0.2, -0.15) is 0 Å². The van der Waals surface area contributed by atoms with Crippen molar-refractivity contribution in [3.63, 3.8) is 0 Å². The second kappa shape index (κ2) is 33.8. The fraction of sp³-hybridized carbons (Fsp3) is 0.875. The summed E-state index contributed by atoms with van der Waals surface area (Å²) in [6.07, 6.45) is 42.7. The summed E-state index contributed by atoms with van der Waals surface area (Å²) < 4.78 is 6.35. The van der Waals surface area contributed by atoms with Gasteiger partial charge in [0.1, 0.15) is 6.10 Å². The van der Waals surface area contributed by atoms with Crippen LogP contribution in [0.4, 0.5) is 0 Å². The Morgan fingerprint density at radius 2 is 0.977 bits per heavy atom. The maximum atomic E-state index is 13.0. The zero-order valence-corrected chi connectivity index (χ0v) is 30.0. The lowest BCUT2D eigenvalue weighted by atomic mass is 9.87. The van der Waals surface area contributed by atoms with Gasteiger partial charge in [-0.25, -0.2) is 0 Å². The highest BCUT2D eigenvalue weighted by atomic mass is 16.5. The number of esters is 1. The molecular weight excluding hydrogens is 526 g/mol. The highest BCUT2D eigenvalue weighted by Gasteiger charge is 2.24. The van der Waals surface area contributed by atoms with E-state index in [1.807, 2.05) is 0 Å². The van der Waals surface area contributed by atoms with Gasteiger partial charge >= 0.3 is 5.97 Å². The summed E-state index contributed by atoms with van der Waals surface area (Å²) in [5, 5.41) is 0. The zero-order valence-electron chi connectivity index (χ0n) is 30.0. The highest BCUT2D eigenvalue weighted by Crippen LogP contribution is 2.27. The Labute approximate surface area is 271 Å². The van der Waals surface area contributed by atoms with Crippen LogP contribution >= 0.6 is 0 Å². The Hall–Kier alpha value is -1.09. The first kappa shape index (κ1) is 41.9. The van der Waals surface area contributed by atoms with Crippen molar-refractivity contribution in [1.29, 1.82) is 0 Å². The minimum absolute atomic E-state index is 0.0381. The van der Waals surface area contributed by atoms with Gasteiger partial charge in [0, 0.05) is 6.42 Å². The molecule has 0 radical (unpaired) electrons. The predicted octanol–water partition coefficient (Wildman–Crippen LogP) is 12.8. The van der Waals surface area contributed by atoms with E-state index in [0.717, 1.165) is 38.6 Å². The molecule has 254 valence electrons. The average molecular weight is 604 g/mol. The van der Waals surface area contributed by atoms with Gasteiger partial charge < -0.3 is 9.64 Å². The standard InChI is InChI=1S/C40H77NO2/c1-6-9-12-15-18-21-23-26-29-34-38(33-28-25-22-19-16-13-10-7-2)39(35-30-27-24-20-17-14-11-8-3)43-40(42)36-31-32-37-41(4)5/h19,21-23,38-39H,6-18,20,24-37H2,1-5H3/b22-19-,23-21-. The number of hydrogen-bond acceptors (Lipinski definition) is 3. The Morgan fingerprint density at radius 3 is 1.51 bits per heavy atom. The summed E-state index contributed by atoms with van der Waals surface area (Å²) in [4.78, 5) is 15.2. The molecule has 0 amide bonds. The van der Waals surface area contributed by atoms with E-state index in [1.165, 1.54) is 135 Å². The molecule has 3 heteroatoms. The number of unbranched alkanes of at least 4 members (excludes halogenated alkanes) is 17. The van der Waals surface area contributed by atoms with E-state index in [-0.39, 0.29) is 12.1 Å². The molecule has 0 aliphatic rings. The molecule has 0 saturated heterocycles. The van der Waals surface area contributed by atoms with Crippen LogP contribution in [0.1, 0.15) is 194 Å². The third-order valence-corrected chi connectivity index (χ3v) is 8.81. The normalized spacial score (nSPS) is 13.4. The van der Waals surface area contributed by atoms with Crippen LogP contribution in [0.25, 0.3) is 0 Å². The van der Waals surface area contributed by atoms with Gasteiger partial charge in [0.25, 0.3) is 0 Å². The molecule has 0 aromatic rings. The van der Waals surface area contributed by atoms with E-state index in [4.69, 9.17) is 4.74 Å². The summed E-state index contributed by atoms with van der Waals surface area (Å²) in [7, 11) is 4.20. The highest BCUT2D eigenvalue weighted by molar-refractivity contribution is 5.69. The number of carbonyl (C=O) groups is 1. The quantitative estimate of drug-likeness (QED) is 0.0424. The molecule has 0 aliphatic heterocycles. The van der Waals surface area contributed by atoms with Crippen molar-refractivity contribution >= 4 is 5.97 Å². The SMILES string of the molecule is CCCCC/C=C\CCCC(CCC/C=C\CCCCCC)C(CCCCCCCCCC)OC(=O)CCCCN(C)C. The van der Waals surface area contributed by atoms with E-state index < -0.39 is 0 Å². The molecule has 0 aromatic carbocycles. The molecule has 0 aliphatic carbocycles. The smallest absolute Gasteiger partial charge is 0.306 e. The Bertz CT molecular complexity index is 626. The van der Waals surface area contributed by atoms with Crippen molar-refractivity contribution in [3.05, 3.63) is 24.3 Å². The number of nitrogens with zero attached hydrogens (tertiary/aromatic N) is 1. The van der Waals surface area contributed by atoms with E-state index in [9.17, 15) is 4.79 Å². The molecule has 2 atom stereocenters. The van der Waals surface area contributed by atoms with Gasteiger partial charge in [0.15, 0.2) is 0 Å². The number of ether oxygens (including phenoxy) is 1. The number of allylic oxidation sites excluding steroid dienone is 4. The van der Waals surface area contributed by atoms with Crippen LogP contribution in [0.3, 0.4) is 0 Å². The lowest BCUT2D eigenvalue weighted by Crippen LogP contribution is -2.27. The second-order valence-electron chi connectivity index (χ2n) is 13.5. The Kier molecular flexibility index (Phi) is 32.9. The maximum absolute atomic E-state index is 13.0. The lowest BCUT2D eigenvalue weighted by molar-refractivity contribution is -0.153. The number of rotatable bonds is 33. The van der Waals surface area contributed by atoms with Crippen LogP contribution in [0.15, 0.2) is 24.3 Å². The minimum atomic E-state index is 0.0381. The maximum Gasteiger partial charge on any atom is 0.306 e. The summed E-state index contributed by atoms with van der Waals surface area (Å²) in [6.45, 7) is 7.87. The largest absolute Gasteiger partial charge is 0.462 e. The van der Waals surface area contributed by atoms with E-state index in [2.05, 4.69) is 64.1 Å². The average Bonchev–Trinajstić information content (AvgIpc) is 2.99. The first-order valence-electron chi connectivity index (χ1n) is 19.2. The topological polar surface area (TPSA) is 29.5 Å². The molecule has 2 unspecified atom stereocenters. The van der Waals surface area contributed by atoms with Crippen molar-refractivity contribution in [2.24, 2.45) is 5.92 Å². The van der Waals surface area contributed by atoms with Crippen LogP contribution in [0, 0.1) is 5.92 Å². The number of hydrogen-bond donors (Lipinski definition) is 0. The van der Waals surface area contributed by atoms with Crippen molar-refractivity contribution in [2.75, 3.05) is 20.6 Å². The Balaban J connectivity index is 5.06. The fourth-order valence-corrected chi connectivity index (χ4v) is 5.98. The molecule has 0 spiro atoms. The van der Waals surface area contributed by atoms with Crippen LogP contribution in [-0.4, -0.2) is 37.6 Å². The fourth-order valence-electron chi connectivity index (χ4n) is 5.98. The second-order valence-corrected chi connectivity index (χ2v) is 13.5. The number of carbonyl (C=O) groups excluding carboxylic acids is 1. The molecule has 0 N–H and O–H groups in total. The monoisotopic (exact) mass is 604 g/mol. The van der Waals surface area contributed by atoms with Crippen molar-refractivity contribution in [2.45, 2.75) is 200 Å². The van der Waals surface area contributed by atoms with Crippen molar-refractivity contribution in [1.82, 2.24) is 4.90 Å². The molecule has 0 saturated carbocycles. The molecule has 43 heavy (non-hydrogen) atoms. The molecule has 0 heterocycles. The first-order chi connectivity index (χ1) is 21.0. The molecule has 3 nitrogen and oxygen atoms in total. The predicted molar refractivity (Wildman–Crippen MR) is 192 cm³/mol. The van der Waals surface area contributed by atoms with Crippen molar-refractivity contribution in [3.8, 4) is 0 Å². The summed E-state index contributed by atoms with van der Waals surface area (Å²) in [5.74, 6) is 0.526. The van der Waals surface area contributed by atoms with Crippen LogP contribution in [-0.2, 0) is 9.53 Å². The van der Waals surface area contributed by atoms with Gasteiger partial charge in [-0.3, -0.25) is 4.79 Å². The van der Waals surface area contributed by atoms with E-state index in [1.54, 1.807) is 0 Å². The van der Waals surface area contributed by atoms with Crippen LogP contribution in [0.5, 0.6) is 0 Å². The minimum Gasteiger partial charge on any atom is -0.462 e. The molecule has 0 aromatic heterocycles. The van der Waals surface area contributed by atoms with Crippen LogP contribution in [0.2, 0.25) is 0 Å². The van der Waals surface area contributed by atoms with Crippen molar-refractivity contribution < 1.29 is 9.53 Å². The zero-order chi connectivity index (χ0) is 31.6. The van der Waals surface area contributed by atoms with Crippen LogP contribution < -0.4 is 0 Å². The molecule has 0 fully saturated rings. The molecular formula is C40H77NO2. The lowest BCUT2D eigenvalue weighted by Gasteiger charge is -2.28.